The van der Waals surface area contributed by atoms with Crippen molar-refractivity contribution in [1.29, 1.82) is 0 Å². The molecule has 0 unspecified atom stereocenters. The van der Waals surface area contributed by atoms with Crippen molar-refractivity contribution >= 4 is 41.0 Å². The molecular formula is C28H24Cl2F2N2O4. The molecule has 1 amide bonds. The summed E-state index contributed by atoms with van der Waals surface area (Å²) in [5.41, 5.74) is 1.79. The standard InChI is InChI=1S/C28H24Cl2F2N2O4/c1-37-26(35)18-2-5-20(6-3-18)34-16-28(38-27(34)36)8-10-33(11-9-28)15-17-12-22(29)25(23(30)13-17)21-7-4-19(31)14-24(21)32/h2-7,12-14H,8-11,15-16H2,1H3. The molecule has 2 aliphatic rings. The molecule has 0 aromatic heterocycles. The van der Waals surface area contributed by atoms with Gasteiger partial charge < -0.3 is 9.47 Å². The minimum Gasteiger partial charge on any atom is -0.465 e. The van der Waals surface area contributed by atoms with Crippen molar-refractivity contribution in [2.45, 2.75) is 25.0 Å². The summed E-state index contributed by atoms with van der Waals surface area (Å²) >= 11 is 12.9. The Balaban J connectivity index is 1.23. The molecule has 2 aliphatic heterocycles. The van der Waals surface area contributed by atoms with Crippen molar-refractivity contribution in [2.24, 2.45) is 0 Å². The quantitative estimate of drug-likeness (QED) is 0.324. The normalized spacial score (nSPS) is 17.1. The van der Waals surface area contributed by atoms with Gasteiger partial charge in [-0.25, -0.2) is 18.4 Å². The molecule has 3 aromatic carbocycles. The Bertz CT molecular complexity index is 1370. The summed E-state index contributed by atoms with van der Waals surface area (Å²) in [6, 6.07) is 13.4. The molecule has 6 nitrogen and oxygen atoms in total. The van der Waals surface area contributed by atoms with Gasteiger partial charge in [0.25, 0.3) is 0 Å². The minimum absolute atomic E-state index is 0.139. The van der Waals surface area contributed by atoms with Crippen LogP contribution in [0.25, 0.3) is 11.1 Å². The summed E-state index contributed by atoms with van der Waals surface area (Å²) in [6.45, 7) is 2.36. The van der Waals surface area contributed by atoms with Crippen LogP contribution in [0.4, 0.5) is 19.3 Å². The lowest BCUT2D eigenvalue weighted by molar-refractivity contribution is -0.000978. The van der Waals surface area contributed by atoms with Crippen molar-refractivity contribution in [2.75, 3.05) is 31.6 Å². The fraction of sp³-hybridized carbons (Fsp3) is 0.286. The number of benzene rings is 3. The van der Waals surface area contributed by atoms with Gasteiger partial charge in [0.1, 0.15) is 17.2 Å². The Kier molecular flexibility index (Phi) is 7.31. The molecule has 0 atom stereocenters. The van der Waals surface area contributed by atoms with Crippen molar-refractivity contribution in [3.8, 4) is 11.1 Å². The number of anilines is 1. The summed E-state index contributed by atoms with van der Waals surface area (Å²) in [6.07, 6.45) is 0.887. The highest BCUT2D eigenvalue weighted by molar-refractivity contribution is 6.39. The Hall–Kier alpha value is -3.20. The average molecular weight is 561 g/mol. The van der Waals surface area contributed by atoms with Crippen molar-refractivity contribution < 1.29 is 27.8 Å². The number of nitrogens with zero attached hydrogens (tertiary/aromatic N) is 2. The number of ether oxygens (including phenoxy) is 2. The lowest BCUT2D eigenvalue weighted by Gasteiger charge is -2.37. The first-order valence-electron chi connectivity index (χ1n) is 12.0. The predicted molar refractivity (Wildman–Crippen MR) is 141 cm³/mol. The number of hydrogen-bond donors (Lipinski definition) is 0. The van der Waals surface area contributed by atoms with E-state index in [4.69, 9.17) is 32.7 Å². The number of methoxy groups -OCH3 is 1. The SMILES string of the molecule is COC(=O)c1ccc(N2CC3(CCN(Cc4cc(Cl)c(-c5ccc(F)cc5F)c(Cl)c4)CC3)OC2=O)cc1. The topological polar surface area (TPSA) is 59.1 Å². The van der Waals surface area contributed by atoms with E-state index in [1.165, 1.54) is 13.2 Å². The molecule has 0 bridgehead atoms. The number of amides is 1. The van der Waals surface area contributed by atoms with E-state index in [9.17, 15) is 18.4 Å². The van der Waals surface area contributed by atoms with Gasteiger partial charge in [-0.3, -0.25) is 9.80 Å². The molecule has 38 heavy (non-hydrogen) atoms. The number of likely N-dealkylation sites (tertiary alicyclic amines) is 1. The zero-order chi connectivity index (χ0) is 27.0. The Morgan fingerprint density at radius 2 is 1.68 bits per heavy atom. The third-order valence-electron chi connectivity index (χ3n) is 7.05. The maximum atomic E-state index is 14.3. The van der Waals surface area contributed by atoms with Crippen LogP contribution in [-0.4, -0.2) is 49.3 Å². The molecule has 2 saturated heterocycles. The van der Waals surface area contributed by atoms with Crippen LogP contribution in [0.1, 0.15) is 28.8 Å². The Morgan fingerprint density at radius 1 is 1.03 bits per heavy atom. The van der Waals surface area contributed by atoms with Gasteiger partial charge in [-0.05, 0) is 54.1 Å². The van der Waals surface area contributed by atoms with E-state index >= 15 is 0 Å². The molecule has 0 N–H and O–H groups in total. The molecule has 1 spiro atoms. The highest BCUT2D eigenvalue weighted by atomic mass is 35.5. The smallest absolute Gasteiger partial charge is 0.415 e. The molecule has 5 rings (SSSR count). The summed E-state index contributed by atoms with van der Waals surface area (Å²) in [5.74, 6) is -1.85. The number of halogens is 4. The van der Waals surface area contributed by atoms with Crippen LogP contribution in [0.3, 0.4) is 0 Å². The van der Waals surface area contributed by atoms with Gasteiger partial charge in [0, 0.05) is 55.4 Å². The zero-order valence-corrected chi connectivity index (χ0v) is 22.0. The first-order chi connectivity index (χ1) is 18.2. The van der Waals surface area contributed by atoms with E-state index in [1.807, 2.05) is 0 Å². The van der Waals surface area contributed by atoms with Gasteiger partial charge in [0.05, 0.1) is 29.3 Å². The Labute approximate surface area is 228 Å². The van der Waals surface area contributed by atoms with Gasteiger partial charge in [0.2, 0.25) is 0 Å². The number of carbonyl (C=O) groups excluding carboxylic acids is 2. The lowest BCUT2D eigenvalue weighted by Crippen LogP contribution is -2.46. The van der Waals surface area contributed by atoms with Crippen LogP contribution < -0.4 is 4.90 Å². The maximum absolute atomic E-state index is 14.3. The van der Waals surface area contributed by atoms with Crippen LogP contribution in [0.5, 0.6) is 0 Å². The van der Waals surface area contributed by atoms with E-state index in [-0.39, 0.29) is 15.6 Å². The van der Waals surface area contributed by atoms with E-state index in [2.05, 4.69) is 4.90 Å². The molecule has 10 heteroatoms. The van der Waals surface area contributed by atoms with Crippen LogP contribution in [0.15, 0.2) is 54.6 Å². The molecule has 0 radical (unpaired) electrons. The van der Waals surface area contributed by atoms with E-state index < -0.39 is 29.3 Å². The second kappa shape index (κ2) is 10.5. The van der Waals surface area contributed by atoms with Gasteiger partial charge in [-0.15, -0.1) is 0 Å². The molecular weight excluding hydrogens is 537 g/mol. The van der Waals surface area contributed by atoms with Crippen LogP contribution in [0, 0.1) is 11.6 Å². The first-order valence-corrected chi connectivity index (χ1v) is 12.8. The van der Waals surface area contributed by atoms with Gasteiger partial charge >= 0.3 is 12.1 Å². The highest BCUT2D eigenvalue weighted by Crippen LogP contribution is 2.39. The number of rotatable bonds is 5. The van der Waals surface area contributed by atoms with Crippen molar-refractivity contribution in [3.63, 3.8) is 0 Å². The second-order valence-electron chi connectivity index (χ2n) is 9.51. The first kappa shape index (κ1) is 26.4. The van der Waals surface area contributed by atoms with Crippen LogP contribution >= 0.6 is 23.2 Å². The van der Waals surface area contributed by atoms with E-state index in [0.29, 0.717) is 55.8 Å². The molecule has 198 valence electrons. The lowest BCUT2D eigenvalue weighted by atomic mass is 9.91. The molecule has 2 fully saturated rings. The van der Waals surface area contributed by atoms with Crippen LogP contribution in [0.2, 0.25) is 10.0 Å². The summed E-state index contributed by atoms with van der Waals surface area (Å²) in [4.78, 5) is 28.2. The molecule has 3 aromatic rings. The monoisotopic (exact) mass is 560 g/mol. The highest BCUT2D eigenvalue weighted by Gasteiger charge is 2.47. The van der Waals surface area contributed by atoms with Gasteiger partial charge in [0.15, 0.2) is 0 Å². The van der Waals surface area contributed by atoms with Crippen LogP contribution in [-0.2, 0) is 16.0 Å². The predicted octanol–water partition coefficient (Wildman–Crippen LogP) is 6.72. The largest absolute Gasteiger partial charge is 0.465 e. The van der Waals surface area contributed by atoms with Gasteiger partial charge in [-0.1, -0.05) is 23.2 Å². The second-order valence-corrected chi connectivity index (χ2v) is 10.3. The van der Waals surface area contributed by atoms with Crippen molar-refractivity contribution in [1.82, 2.24) is 4.90 Å². The number of hydrogen-bond acceptors (Lipinski definition) is 5. The molecule has 0 aliphatic carbocycles. The minimum atomic E-state index is -0.734. The van der Waals surface area contributed by atoms with E-state index in [1.54, 1.807) is 41.3 Å². The fourth-order valence-electron chi connectivity index (χ4n) is 5.02. The third kappa shape index (κ3) is 5.21. The third-order valence-corrected chi connectivity index (χ3v) is 7.64. The summed E-state index contributed by atoms with van der Waals surface area (Å²) in [5, 5.41) is 0.565. The molecule has 2 heterocycles. The number of esters is 1. The number of piperidine rings is 1. The molecule has 0 saturated carbocycles. The number of carbonyl (C=O) groups is 2. The summed E-state index contributed by atoms with van der Waals surface area (Å²) in [7, 11) is 1.32. The van der Waals surface area contributed by atoms with E-state index in [0.717, 1.165) is 17.7 Å². The summed E-state index contributed by atoms with van der Waals surface area (Å²) < 4.78 is 38.2. The van der Waals surface area contributed by atoms with Gasteiger partial charge in [-0.2, -0.15) is 0 Å². The fourth-order valence-corrected chi connectivity index (χ4v) is 5.76. The maximum Gasteiger partial charge on any atom is 0.415 e. The Morgan fingerprint density at radius 3 is 2.29 bits per heavy atom. The van der Waals surface area contributed by atoms with Crippen molar-refractivity contribution in [3.05, 3.63) is 87.4 Å². The average Bonchev–Trinajstić information content (AvgIpc) is 3.21. The zero-order valence-electron chi connectivity index (χ0n) is 20.5.